The van der Waals surface area contributed by atoms with Gasteiger partial charge in [0.2, 0.25) is 0 Å². The lowest BCUT2D eigenvalue weighted by molar-refractivity contribution is -0.146. The van der Waals surface area contributed by atoms with Gasteiger partial charge in [-0.05, 0) is 37.6 Å². The first kappa shape index (κ1) is 12.3. The largest absolute Gasteiger partial charge is 0.463 e. The van der Waals surface area contributed by atoms with Crippen molar-refractivity contribution in [2.45, 2.75) is 26.4 Å². The molecule has 0 aromatic heterocycles. The third kappa shape index (κ3) is 4.10. The normalized spacial score (nSPS) is 10.5. The molecule has 0 aliphatic heterocycles. The van der Waals surface area contributed by atoms with Gasteiger partial charge >= 0.3 is 5.97 Å². The van der Waals surface area contributed by atoms with Gasteiger partial charge in [-0.3, -0.25) is 4.79 Å². The summed E-state index contributed by atoms with van der Waals surface area (Å²) < 4.78 is 5.01. The topological polar surface area (TPSA) is 26.3 Å². The Kier molecular flexibility index (Phi) is 4.43. The van der Waals surface area contributed by atoms with Gasteiger partial charge in [-0.25, -0.2) is 0 Å². The fraction of sp³-hybridized carbons (Fsp3) is 0.364. The number of carbonyl (C=O) groups is 1. The number of benzene rings is 1. The fourth-order valence-corrected chi connectivity index (χ4v) is 1.52. The van der Waals surface area contributed by atoms with Gasteiger partial charge in [0.15, 0.2) is 0 Å². The van der Waals surface area contributed by atoms with Crippen molar-refractivity contribution in [3.8, 4) is 0 Å². The maximum atomic E-state index is 11.4. The molecule has 0 fully saturated rings. The average Bonchev–Trinajstić information content (AvgIpc) is 2.10. The van der Waals surface area contributed by atoms with Gasteiger partial charge in [-0.15, -0.1) is 0 Å². The maximum absolute atomic E-state index is 11.4. The first-order valence-corrected chi connectivity index (χ1v) is 5.38. The van der Waals surface area contributed by atoms with Crippen LogP contribution < -0.4 is 0 Å². The zero-order chi connectivity index (χ0) is 11.4. The van der Waals surface area contributed by atoms with E-state index < -0.39 is 0 Å². The van der Waals surface area contributed by atoms with Crippen LogP contribution in [0, 0.1) is 0 Å². The Labute approximate surface area is 99.1 Å². The molecule has 0 bridgehead atoms. The number of carbonyl (C=O) groups excluding carboxylic acids is 1. The standard InChI is InChI=1S/C11H12Cl2O2/c1-7(2)15-11(14)6-8-5-9(12)3-4-10(8)13/h3-5,7H,6H2,1-2H3. The van der Waals surface area contributed by atoms with Crippen molar-refractivity contribution in [3.05, 3.63) is 33.8 Å². The Balaban J connectivity index is 2.71. The van der Waals surface area contributed by atoms with Crippen LogP contribution in [-0.2, 0) is 16.0 Å². The van der Waals surface area contributed by atoms with Crippen molar-refractivity contribution in [2.75, 3.05) is 0 Å². The quantitative estimate of drug-likeness (QED) is 0.764. The lowest BCUT2D eigenvalue weighted by Crippen LogP contribution is -2.13. The van der Waals surface area contributed by atoms with Gasteiger partial charge < -0.3 is 4.74 Å². The highest BCUT2D eigenvalue weighted by Crippen LogP contribution is 2.21. The molecule has 4 heteroatoms. The van der Waals surface area contributed by atoms with Crippen LogP contribution in [0.5, 0.6) is 0 Å². The Morgan fingerprint density at radius 1 is 1.40 bits per heavy atom. The summed E-state index contributed by atoms with van der Waals surface area (Å²) in [6.45, 7) is 3.61. The molecule has 0 N–H and O–H groups in total. The number of halogens is 2. The van der Waals surface area contributed by atoms with Crippen LogP contribution in [0.3, 0.4) is 0 Å². The van der Waals surface area contributed by atoms with E-state index in [1.807, 2.05) is 0 Å². The molecule has 1 aromatic rings. The third-order valence-corrected chi connectivity index (χ3v) is 2.31. The Hall–Kier alpha value is -0.730. The number of ether oxygens (including phenoxy) is 1. The number of esters is 1. The molecule has 0 aliphatic rings. The molecule has 1 rings (SSSR count). The van der Waals surface area contributed by atoms with Gasteiger partial charge in [-0.1, -0.05) is 23.2 Å². The summed E-state index contributed by atoms with van der Waals surface area (Å²) in [4.78, 5) is 11.4. The number of hydrogen-bond acceptors (Lipinski definition) is 2. The number of hydrogen-bond donors (Lipinski definition) is 0. The minimum atomic E-state index is -0.297. The molecular weight excluding hydrogens is 235 g/mol. The van der Waals surface area contributed by atoms with E-state index in [1.165, 1.54) is 0 Å². The van der Waals surface area contributed by atoms with Crippen LogP contribution in [0.2, 0.25) is 10.0 Å². The van der Waals surface area contributed by atoms with Crippen molar-refractivity contribution < 1.29 is 9.53 Å². The molecule has 0 heterocycles. The first-order chi connectivity index (χ1) is 6.99. The predicted octanol–water partition coefficient (Wildman–Crippen LogP) is 3.49. The second kappa shape index (κ2) is 5.38. The van der Waals surface area contributed by atoms with Crippen LogP contribution in [0.1, 0.15) is 19.4 Å². The molecule has 82 valence electrons. The van der Waals surface area contributed by atoms with Crippen molar-refractivity contribution in [1.82, 2.24) is 0 Å². The average molecular weight is 247 g/mol. The SMILES string of the molecule is CC(C)OC(=O)Cc1cc(Cl)ccc1Cl. The molecule has 0 radical (unpaired) electrons. The van der Waals surface area contributed by atoms with Crippen molar-refractivity contribution in [3.63, 3.8) is 0 Å². The molecular formula is C11H12Cl2O2. The Morgan fingerprint density at radius 3 is 2.67 bits per heavy atom. The summed E-state index contributed by atoms with van der Waals surface area (Å²) in [5, 5.41) is 1.09. The molecule has 0 saturated heterocycles. The molecule has 15 heavy (non-hydrogen) atoms. The summed E-state index contributed by atoms with van der Waals surface area (Å²) in [5.74, 6) is -0.297. The Bertz CT molecular complexity index is 362. The molecule has 0 unspecified atom stereocenters. The van der Waals surface area contributed by atoms with Gasteiger partial charge in [0.25, 0.3) is 0 Å². The van der Waals surface area contributed by atoms with Crippen LogP contribution in [0.4, 0.5) is 0 Å². The predicted molar refractivity (Wildman–Crippen MR) is 61.4 cm³/mol. The van der Waals surface area contributed by atoms with E-state index in [-0.39, 0.29) is 18.5 Å². The minimum absolute atomic E-state index is 0.115. The zero-order valence-electron chi connectivity index (χ0n) is 8.59. The van der Waals surface area contributed by atoms with Crippen molar-refractivity contribution in [1.29, 1.82) is 0 Å². The van der Waals surface area contributed by atoms with Crippen LogP contribution >= 0.6 is 23.2 Å². The Morgan fingerprint density at radius 2 is 2.07 bits per heavy atom. The van der Waals surface area contributed by atoms with Gasteiger partial charge in [0.1, 0.15) is 0 Å². The van der Waals surface area contributed by atoms with E-state index in [0.29, 0.717) is 15.6 Å². The first-order valence-electron chi connectivity index (χ1n) is 4.62. The minimum Gasteiger partial charge on any atom is -0.463 e. The van der Waals surface area contributed by atoms with E-state index in [1.54, 1.807) is 32.0 Å². The highest BCUT2D eigenvalue weighted by Gasteiger charge is 2.10. The van der Waals surface area contributed by atoms with Crippen LogP contribution in [-0.4, -0.2) is 12.1 Å². The molecule has 0 saturated carbocycles. The highest BCUT2D eigenvalue weighted by molar-refractivity contribution is 6.33. The van der Waals surface area contributed by atoms with Crippen molar-refractivity contribution >= 4 is 29.2 Å². The maximum Gasteiger partial charge on any atom is 0.310 e. The number of rotatable bonds is 3. The summed E-state index contributed by atoms with van der Waals surface area (Å²) in [6, 6.07) is 5.02. The van der Waals surface area contributed by atoms with E-state index in [9.17, 15) is 4.79 Å². The van der Waals surface area contributed by atoms with E-state index in [2.05, 4.69) is 0 Å². The monoisotopic (exact) mass is 246 g/mol. The van der Waals surface area contributed by atoms with E-state index in [0.717, 1.165) is 0 Å². The molecule has 0 amide bonds. The van der Waals surface area contributed by atoms with Gasteiger partial charge in [0.05, 0.1) is 12.5 Å². The molecule has 2 nitrogen and oxygen atoms in total. The van der Waals surface area contributed by atoms with Crippen LogP contribution in [0.15, 0.2) is 18.2 Å². The van der Waals surface area contributed by atoms with Crippen LogP contribution in [0.25, 0.3) is 0 Å². The van der Waals surface area contributed by atoms with E-state index >= 15 is 0 Å². The highest BCUT2D eigenvalue weighted by atomic mass is 35.5. The molecule has 1 aromatic carbocycles. The van der Waals surface area contributed by atoms with Crippen molar-refractivity contribution in [2.24, 2.45) is 0 Å². The molecule has 0 aliphatic carbocycles. The van der Waals surface area contributed by atoms with Gasteiger partial charge in [0, 0.05) is 10.0 Å². The summed E-state index contributed by atoms with van der Waals surface area (Å²) in [6.07, 6.45) is 0.0351. The second-order valence-corrected chi connectivity index (χ2v) is 4.29. The lowest BCUT2D eigenvalue weighted by Gasteiger charge is -2.08. The summed E-state index contributed by atoms with van der Waals surface area (Å²) in [7, 11) is 0. The van der Waals surface area contributed by atoms with E-state index in [4.69, 9.17) is 27.9 Å². The third-order valence-electron chi connectivity index (χ3n) is 1.71. The second-order valence-electron chi connectivity index (χ2n) is 3.45. The smallest absolute Gasteiger partial charge is 0.310 e. The zero-order valence-corrected chi connectivity index (χ0v) is 10.1. The summed E-state index contributed by atoms with van der Waals surface area (Å²) >= 11 is 11.7. The summed E-state index contributed by atoms with van der Waals surface area (Å²) in [5.41, 5.74) is 0.690. The lowest BCUT2D eigenvalue weighted by atomic mass is 10.1. The van der Waals surface area contributed by atoms with Gasteiger partial charge in [-0.2, -0.15) is 0 Å². The molecule has 0 spiro atoms. The fourth-order valence-electron chi connectivity index (χ4n) is 1.14. The molecule has 0 atom stereocenters.